The number of nitrogens with zero attached hydrogens (tertiary/aromatic N) is 2. The van der Waals surface area contributed by atoms with Crippen molar-refractivity contribution in [2.24, 2.45) is 5.92 Å². The second kappa shape index (κ2) is 9.31. The monoisotopic (exact) mass is 474 g/mol. The highest BCUT2D eigenvalue weighted by molar-refractivity contribution is 6.24. The number of fused-ring (bicyclic) bond motifs is 1. The number of aromatic hydroxyl groups is 1. The summed E-state index contributed by atoms with van der Waals surface area (Å²) in [7, 11) is 1.46. The summed E-state index contributed by atoms with van der Waals surface area (Å²) in [4.78, 5) is 34.5. The molecule has 1 N–H and O–H groups in total. The topological polar surface area (TPSA) is 88.5 Å². The molecular formula is C27H26N2O6. The van der Waals surface area contributed by atoms with E-state index in [2.05, 4.69) is 0 Å². The van der Waals surface area contributed by atoms with E-state index in [1.165, 1.54) is 7.11 Å². The number of hydrogen-bond acceptors (Lipinski definition) is 7. The summed E-state index contributed by atoms with van der Waals surface area (Å²) in [6.07, 6.45) is -0.156. The van der Waals surface area contributed by atoms with Gasteiger partial charge in [-0.05, 0) is 48.9 Å². The van der Waals surface area contributed by atoms with E-state index in [4.69, 9.17) is 14.3 Å². The number of hydrogen-bond donors (Lipinski definition) is 1. The lowest BCUT2D eigenvalue weighted by Gasteiger charge is -2.29. The minimum Gasteiger partial charge on any atom is -0.504 e. The van der Waals surface area contributed by atoms with Crippen molar-refractivity contribution in [3.63, 3.8) is 0 Å². The fourth-order valence-corrected chi connectivity index (χ4v) is 4.64. The highest BCUT2D eigenvalue weighted by atomic mass is 16.7. The molecule has 0 radical (unpaired) electrons. The molecule has 2 heterocycles. The van der Waals surface area contributed by atoms with E-state index in [0.29, 0.717) is 29.3 Å². The highest BCUT2D eigenvalue weighted by Gasteiger charge is 2.60. The lowest BCUT2D eigenvalue weighted by Crippen LogP contribution is -2.37. The molecule has 2 aliphatic heterocycles. The van der Waals surface area contributed by atoms with Gasteiger partial charge >= 0.3 is 0 Å². The van der Waals surface area contributed by atoms with Gasteiger partial charge in [0.1, 0.15) is 17.7 Å². The quantitative estimate of drug-likeness (QED) is 0.513. The van der Waals surface area contributed by atoms with Crippen LogP contribution in [0.25, 0.3) is 0 Å². The first-order chi connectivity index (χ1) is 17.0. The third-order valence-corrected chi connectivity index (χ3v) is 6.26. The van der Waals surface area contributed by atoms with Gasteiger partial charge in [0.2, 0.25) is 5.91 Å². The first kappa shape index (κ1) is 22.7. The van der Waals surface area contributed by atoms with Crippen LogP contribution in [0.1, 0.15) is 24.9 Å². The summed E-state index contributed by atoms with van der Waals surface area (Å²) in [6, 6.07) is 20.4. The smallest absolute Gasteiger partial charge is 0.266 e. The zero-order chi connectivity index (χ0) is 24.5. The van der Waals surface area contributed by atoms with Crippen molar-refractivity contribution in [2.45, 2.75) is 25.5 Å². The van der Waals surface area contributed by atoms with Crippen LogP contribution in [0.2, 0.25) is 0 Å². The maximum atomic E-state index is 13.7. The number of methoxy groups -OCH3 is 1. The van der Waals surface area contributed by atoms with Gasteiger partial charge in [0.05, 0.1) is 25.1 Å². The molecule has 0 aliphatic carbocycles. The Morgan fingerprint density at radius 3 is 2.34 bits per heavy atom. The zero-order valence-corrected chi connectivity index (χ0v) is 19.5. The molecule has 0 saturated carbocycles. The number of para-hydroxylation sites is 2. The van der Waals surface area contributed by atoms with Crippen LogP contribution in [0, 0.1) is 5.92 Å². The van der Waals surface area contributed by atoms with Crippen molar-refractivity contribution in [1.29, 1.82) is 0 Å². The van der Waals surface area contributed by atoms with E-state index in [0.717, 1.165) is 11.3 Å². The number of phenolic OH excluding ortho intramolecular Hbond substituents is 1. The lowest BCUT2D eigenvalue weighted by atomic mass is 9.90. The standard InChI is InChI=1S/C27H26N2O6/c1-3-16-34-19-14-12-17(13-15-19)28-26(31)22-23(20-10-7-11-21(33-2)24(20)30)29(35-25(22)27(28)32)18-8-5-4-6-9-18/h4-15,22-23,25,30H,3,16H2,1-2H3/t22-,23+,25+/m1/s1. The Kier molecular flexibility index (Phi) is 6.05. The molecule has 0 unspecified atom stereocenters. The molecule has 2 aliphatic rings. The average Bonchev–Trinajstić information content (AvgIpc) is 3.39. The van der Waals surface area contributed by atoms with Crippen molar-refractivity contribution in [1.82, 2.24) is 0 Å². The third-order valence-electron chi connectivity index (χ3n) is 6.26. The average molecular weight is 475 g/mol. The highest BCUT2D eigenvalue weighted by Crippen LogP contribution is 2.50. The van der Waals surface area contributed by atoms with Crippen molar-refractivity contribution in [3.05, 3.63) is 78.4 Å². The van der Waals surface area contributed by atoms with Crippen LogP contribution in [0.15, 0.2) is 72.8 Å². The molecule has 0 spiro atoms. The minimum atomic E-state index is -1.03. The van der Waals surface area contributed by atoms with Gasteiger partial charge in [0, 0.05) is 5.56 Å². The number of amides is 2. The van der Waals surface area contributed by atoms with Gasteiger partial charge < -0.3 is 14.6 Å². The third kappa shape index (κ3) is 3.85. The van der Waals surface area contributed by atoms with Crippen LogP contribution >= 0.6 is 0 Å². The number of carbonyl (C=O) groups is 2. The van der Waals surface area contributed by atoms with E-state index in [1.807, 2.05) is 37.3 Å². The molecule has 3 aromatic carbocycles. The van der Waals surface area contributed by atoms with Gasteiger partial charge in [-0.15, -0.1) is 0 Å². The molecule has 0 bridgehead atoms. The Morgan fingerprint density at radius 1 is 0.914 bits per heavy atom. The molecule has 5 rings (SSSR count). The largest absolute Gasteiger partial charge is 0.504 e. The van der Waals surface area contributed by atoms with Crippen LogP contribution in [0.4, 0.5) is 11.4 Å². The van der Waals surface area contributed by atoms with Gasteiger partial charge in [-0.3, -0.25) is 14.4 Å². The molecule has 2 saturated heterocycles. The van der Waals surface area contributed by atoms with E-state index < -0.39 is 29.9 Å². The van der Waals surface area contributed by atoms with Crippen molar-refractivity contribution >= 4 is 23.2 Å². The van der Waals surface area contributed by atoms with E-state index >= 15 is 0 Å². The molecule has 3 atom stereocenters. The van der Waals surface area contributed by atoms with Crippen molar-refractivity contribution < 1.29 is 29.0 Å². The van der Waals surface area contributed by atoms with Crippen LogP contribution in [-0.4, -0.2) is 36.7 Å². The van der Waals surface area contributed by atoms with E-state index in [9.17, 15) is 14.7 Å². The zero-order valence-electron chi connectivity index (χ0n) is 19.5. The SMILES string of the molecule is CCCOc1ccc(N2C(=O)[C@H]3[C@H](ON(c4ccccc4)[C@H]3c3cccc(OC)c3O)C2=O)cc1. The number of phenols is 1. The summed E-state index contributed by atoms with van der Waals surface area (Å²) in [6.45, 7) is 2.60. The Labute approximate surface area is 203 Å². The predicted octanol–water partition coefficient (Wildman–Crippen LogP) is 4.24. The minimum absolute atomic E-state index is 0.0960. The molecular weight excluding hydrogens is 448 g/mol. The Balaban J connectivity index is 1.54. The summed E-state index contributed by atoms with van der Waals surface area (Å²) < 4.78 is 10.9. The van der Waals surface area contributed by atoms with Gasteiger partial charge in [0.15, 0.2) is 17.6 Å². The second-order valence-corrected chi connectivity index (χ2v) is 8.41. The molecule has 2 amide bonds. The van der Waals surface area contributed by atoms with Gasteiger partial charge in [-0.2, -0.15) is 0 Å². The normalized spacial score (nSPS) is 21.4. The number of hydroxylamine groups is 1. The first-order valence-corrected chi connectivity index (χ1v) is 11.5. The number of imide groups is 1. The van der Waals surface area contributed by atoms with Crippen molar-refractivity contribution in [3.8, 4) is 17.2 Å². The van der Waals surface area contributed by atoms with E-state index in [-0.39, 0.29) is 11.5 Å². The van der Waals surface area contributed by atoms with Crippen molar-refractivity contribution in [2.75, 3.05) is 23.7 Å². The second-order valence-electron chi connectivity index (χ2n) is 8.41. The van der Waals surface area contributed by atoms with Gasteiger partial charge in [0.25, 0.3) is 5.91 Å². The van der Waals surface area contributed by atoms with E-state index in [1.54, 1.807) is 47.5 Å². The molecule has 2 fully saturated rings. The molecule has 35 heavy (non-hydrogen) atoms. The molecule has 0 aromatic heterocycles. The first-order valence-electron chi connectivity index (χ1n) is 11.5. The fraction of sp³-hybridized carbons (Fsp3) is 0.259. The predicted molar refractivity (Wildman–Crippen MR) is 129 cm³/mol. The lowest BCUT2D eigenvalue weighted by molar-refractivity contribution is -0.126. The maximum Gasteiger partial charge on any atom is 0.266 e. The number of carbonyl (C=O) groups excluding carboxylic acids is 2. The summed E-state index contributed by atoms with van der Waals surface area (Å²) in [5.41, 5.74) is 1.55. The Morgan fingerprint density at radius 2 is 1.66 bits per heavy atom. The van der Waals surface area contributed by atoms with Crippen LogP contribution in [-0.2, 0) is 14.4 Å². The van der Waals surface area contributed by atoms with Gasteiger partial charge in [-0.25, -0.2) is 9.96 Å². The fourth-order valence-electron chi connectivity index (χ4n) is 4.64. The number of anilines is 2. The summed E-state index contributed by atoms with van der Waals surface area (Å²) in [5, 5.41) is 12.5. The van der Waals surface area contributed by atoms with Crippen LogP contribution in [0.5, 0.6) is 17.2 Å². The summed E-state index contributed by atoms with van der Waals surface area (Å²) >= 11 is 0. The molecule has 3 aromatic rings. The Hall–Kier alpha value is -4.04. The molecule has 8 heteroatoms. The van der Waals surface area contributed by atoms with Crippen LogP contribution in [0.3, 0.4) is 0 Å². The Bertz CT molecular complexity index is 1230. The molecule has 180 valence electrons. The number of rotatable bonds is 7. The molecule has 8 nitrogen and oxygen atoms in total. The number of ether oxygens (including phenoxy) is 2. The van der Waals surface area contributed by atoms with Gasteiger partial charge in [-0.1, -0.05) is 37.3 Å². The summed E-state index contributed by atoms with van der Waals surface area (Å²) in [5.74, 6) is -0.866. The number of benzene rings is 3. The maximum absolute atomic E-state index is 13.7. The van der Waals surface area contributed by atoms with Crippen LogP contribution < -0.4 is 19.4 Å².